The van der Waals surface area contributed by atoms with Crippen molar-refractivity contribution in [3.8, 4) is 0 Å². The molecule has 7 heteroatoms. The van der Waals surface area contributed by atoms with E-state index in [1.165, 1.54) is 4.70 Å². The lowest BCUT2D eigenvalue weighted by Crippen LogP contribution is -2.38. The zero-order valence-electron chi connectivity index (χ0n) is 14.5. The van der Waals surface area contributed by atoms with E-state index in [0.29, 0.717) is 18.4 Å². The molecule has 0 bridgehead atoms. The Morgan fingerprint density at radius 2 is 2.00 bits per heavy atom. The molecule has 1 aliphatic heterocycles. The number of hydrogen-bond donors (Lipinski definition) is 1. The highest BCUT2D eigenvalue weighted by atomic mass is 35.5. The Morgan fingerprint density at radius 3 is 2.73 bits per heavy atom. The van der Waals surface area contributed by atoms with Crippen LogP contribution < -0.4 is 5.73 Å². The highest BCUT2D eigenvalue weighted by molar-refractivity contribution is 7.18. The summed E-state index contributed by atoms with van der Waals surface area (Å²) >= 11 is 1.74. The summed E-state index contributed by atoms with van der Waals surface area (Å²) in [6.07, 6.45) is 7.13. The molecule has 0 spiro atoms. The Hall–Kier alpha value is -1.14. The number of fused-ring (bicyclic) bond motifs is 1. The second kappa shape index (κ2) is 9.18. The molecule has 2 aromatic rings. The van der Waals surface area contributed by atoms with E-state index in [1.54, 1.807) is 11.3 Å². The van der Waals surface area contributed by atoms with Crippen molar-refractivity contribution in [2.75, 3.05) is 19.6 Å². The van der Waals surface area contributed by atoms with Gasteiger partial charge >= 0.3 is 0 Å². The summed E-state index contributed by atoms with van der Waals surface area (Å²) < 4.78 is 1.21. The summed E-state index contributed by atoms with van der Waals surface area (Å²) in [4.78, 5) is 19.9. The van der Waals surface area contributed by atoms with Gasteiger partial charge < -0.3 is 10.6 Å². The van der Waals surface area contributed by atoms with Gasteiger partial charge in [0.15, 0.2) is 0 Å². The van der Waals surface area contributed by atoms with Crippen LogP contribution >= 0.6 is 36.2 Å². The number of rotatable bonds is 3. The van der Waals surface area contributed by atoms with Crippen molar-refractivity contribution in [1.29, 1.82) is 0 Å². The fraction of sp³-hybridized carbons (Fsp3) is 0.474. The molecule has 4 rings (SSSR count). The van der Waals surface area contributed by atoms with Crippen LogP contribution in [-0.4, -0.2) is 35.4 Å². The van der Waals surface area contributed by atoms with E-state index in [1.807, 2.05) is 17.0 Å². The molecule has 4 nitrogen and oxygen atoms in total. The van der Waals surface area contributed by atoms with Gasteiger partial charge in [0.25, 0.3) is 0 Å². The van der Waals surface area contributed by atoms with Crippen LogP contribution in [0.25, 0.3) is 10.2 Å². The van der Waals surface area contributed by atoms with Gasteiger partial charge in [-0.1, -0.05) is 24.3 Å². The van der Waals surface area contributed by atoms with Gasteiger partial charge in [0.05, 0.1) is 21.1 Å². The molecule has 2 heterocycles. The van der Waals surface area contributed by atoms with Crippen LogP contribution in [0.1, 0.15) is 30.2 Å². The molecule has 1 fully saturated rings. The summed E-state index contributed by atoms with van der Waals surface area (Å²) in [6.45, 7) is 2.35. The molecule has 2 aliphatic rings. The van der Waals surface area contributed by atoms with Gasteiger partial charge in [-0.2, -0.15) is 0 Å². The first-order valence-corrected chi connectivity index (χ1v) is 9.57. The fourth-order valence-electron chi connectivity index (χ4n) is 3.87. The van der Waals surface area contributed by atoms with E-state index >= 15 is 0 Å². The third kappa shape index (κ3) is 4.06. The minimum Gasteiger partial charge on any atom is -0.342 e. The molecule has 3 unspecified atom stereocenters. The Balaban J connectivity index is 0.00000121. The second-order valence-corrected chi connectivity index (χ2v) is 7.91. The molecule has 1 amide bonds. The zero-order chi connectivity index (χ0) is 16.5. The maximum atomic E-state index is 13.1. The number of hydrogen-bond acceptors (Lipinski definition) is 4. The average molecular weight is 414 g/mol. The lowest BCUT2D eigenvalue weighted by atomic mass is 9.82. The van der Waals surface area contributed by atoms with Gasteiger partial charge in [-0.3, -0.25) is 4.79 Å². The molecular weight excluding hydrogens is 389 g/mol. The van der Waals surface area contributed by atoms with Crippen molar-refractivity contribution in [1.82, 2.24) is 9.88 Å². The molecule has 3 atom stereocenters. The molecule has 142 valence electrons. The SMILES string of the molecule is Cl.Cl.NCC1CCN(C(=O)C2CC=CCC2c2nc3ccccc3s2)C1. The molecule has 2 N–H and O–H groups in total. The minimum atomic E-state index is 0. The summed E-state index contributed by atoms with van der Waals surface area (Å²) in [5.41, 5.74) is 6.82. The first kappa shape index (κ1) is 21.2. The van der Waals surface area contributed by atoms with Crippen LogP contribution in [0.4, 0.5) is 0 Å². The predicted molar refractivity (Wildman–Crippen MR) is 112 cm³/mol. The van der Waals surface area contributed by atoms with E-state index in [-0.39, 0.29) is 36.6 Å². The topological polar surface area (TPSA) is 59.2 Å². The van der Waals surface area contributed by atoms with Gasteiger partial charge in [0.1, 0.15) is 0 Å². The number of nitrogens with zero attached hydrogens (tertiary/aromatic N) is 2. The van der Waals surface area contributed by atoms with Crippen LogP contribution in [0.3, 0.4) is 0 Å². The number of aromatic nitrogens is 1. The number of halogens is 2. The predicted octanol–water partition coefficient (Wildman–Crippen LogP) is 4.00. The summed E-state index contributed by atoms with van der Waals surface area (Å²) in [5, 5.41) is 1.11. The Morgan fingerprint density at radius 1 is 1.23 bits per heavy atom. The Labute approximate surface area is 170 Å². The van der Waals surface area contributed by atoms with Gasteiger partial charge in [-0.15, -0.1) is 36.2 Å². The first-order chi connectivity index (χ1) is 11.8. The number of allylic oxidation sites excluding steroid dienone is 2. The van der Waals surface area contributed by atoms with E-state index in [4.69, 9.17) is 10.7 Å². The van der Waals surface area contributed by atoms with Crippen molar-refractivity contribution in [3.63, 3.8) is 0 Å². The lowest BCUT2D eigenvalue weighted by molar-refractivity contribution is -0.135. The van der Waals surface area contributed by atoms with Crippen molar-refractivity contribution in [3.05, 3.63) is 41.4 Å². The monoisotopic (exact) mass is 413 g/mol. The van der Waals surface area contributed by atoms with Crippen LogP contribution in [-0.2, 0) is 4.79 Å². The molecule has 1 aliphatic carbocycles. The van der Waals surface area contributed by atoms with Crippen molar-refractivity contribution >= 4 is 52.3 Å². The van der Waals surface area contributed by atoms with E-state index < -0.39 is 0 Å². The number of para-hydroxylation sites is 1. The van der Waals surface area contributed by atoms with Gasteiger partial charge in [0.2, 0.25) is 5.91 Å². The third-order valence-corrected chi connectivity index (χ3v) is 6.48. The molecule has 1 aromatic heterocycles. The summed E-state index contributed by atoms with van der Waals surface area (Å²) in [7, 11) is 0. The number of nitrogens with two attached hydrogens (primary N) is 1. The molecule has 0 radical (unpaired) electrons. The molecule has 1 saturated heterocycles. The standard InChI is InChI=1S/C19H23N3OS.2ClH/c20-11-13-9-10-22(12-13)19(23)15-6-2-1-5-14(15)18-21-16-7-3-4-8-17(16)24-18;;/h1-4,7-8,13-15H,5-6,9-12,20H2;2*1H. The van der Waals surface area contributed by atoms with Crippen molar-refractivity contribution in [2.45, 2.75) is 25.2 Å². The van der Waals surface area contributed by atoms with Gasteiger partial charge in [0, 0.05) is 19.0 Å². The lowest BCUT2D eigenvalue weighted by Gasteiger charge is -2.30. The normalized spacial score (nSPS) is 25.0. The number of carbonyl (C=O) groups excluding carboxylic acids is 1. The Bertz CT molecular complexity index is 746. The second-order valence-electron chi connectivity index (χ2n) is 6.85. The quantitative estimate of drug-likeness (QED) is 0.773. The Kier molecular flexibility index (Phi) is 7.47. The largest absolute Gasteiger partial charge is 0.342 e. The van der Waals surface area contributed by atoms with Crippen LogP contribution in [0.2, 0.25) is 0 Å². The van der Waals surface area contributed by atoms with E-state index in [0.717, 1.165) is 42.9 Å². The summed E-state index contributed by atoms with van der Waals surface area (Å²) in [6, 6.07) is 8.23. The van der Waals surface area contributed by atoms with E-state index in [9.17, 15) is 4.79 Å². The van der Waals surface area contributed by atoms with Crippen molar-refractivity contribution in [2.24, 2.45) is 17.6 Å². The molecule has 26 heavy (non-hydrogen) atoms. The number of thiazole rings is 1. The number of benzene rings is 1. The fourth-order valence-corrected chi connectivity index (χ4v) is 5.01. The third-order valence-electron chi connectivity index (χ3n) is 5.31. The van der Waals surface area contributed by atoms with Crippen LogP contribution in [0, 0.1) is 11.8 Å². The van der Waals surface area contributed by atoms with Crippen LogP contribution in [0.15, 0.2) is 36.4 Å². The zero-order valence-corrected chi connectivity index (χ0v) is 17.0. The number of amides is 1. The van der Waals surface area contributed by atoms with Crippen LogP contribution in [0.5, 0.6) is 0 Å². The maximum absolute atomic E-state index is 13.1. The molecule has 1 aromatic carbocycles. The smallest absolute Gasteiger partial charge is 0.226 e. The maximum Gasteiger partial charge on any atom is 0.226 e. The van der Waals surface area contributed by atoms with Crippen molar-refractivity contribution < 1.29 is 4.79 Å². The average Bonchev–Trinajstić information content (AvgIpc) is 3.27. The minimum absolute atomic E-state index is 0. The highest BCUT2D eigenvalue weighted by Crippen LogP contribution is 2.39. The molecular formula is C19H25Cl2N3OS. The van der Waals surface area contributed by atoms with Gasteiger partial charge in [-0.05, 0) is 43.9 Å². The van der Waals surface area contributed by atoms with Gasteiger partial charge in [-0.25, -0.2) is 4.98 Å². The highest BCUT2D eigenvalue weighted by Gasteiger charge is 2.37. The molecule has 0 saturated carbocycles. The first-order valence-electron chi connectivity index (χ1n) is 8.75. The number of likely N-dealkylation sites (tertiary alicyclic amines) is 1. The van der Waals surface area contributed by atoms with E-state index in [2.05, 4.69) is 24.3 Å². The summed E-state index contributed by atoms with van der Waals surface area (Å²) in [5.74, 6) is 0.984. The number of carbonyl (C=O) groups is 1.